The molecule has 1 aliphatic rings. The molecule has 1 aliphatic carbocycles. The summed E-state index contributed by atoms with van der Waals surface area (Å²) in [4.78, 5) is 26.8. The molecule has 5 nitrogen and oxygen atoms in total. The molecule has 30 heavy (non-hydrogen) atoms. The molecule has 0 unspecified atom stereocenters. The van der Waals surface area contributed by atoms with Gasteiger partial charge in [-0.3, -0.25) is 9.59 Å². The van der Waals surface area contributed by atoms with Gasteiger partial charge in [0.05, 0.1) is 6.61 Å². The van der Waals surface area contributed by atoms with E-state index >= 15 is 0 Å². The first kappa shape index (κ1) is 21.8. The molecule has 0 bridgehead atoms. The molecular weight excluding hydrogens is 383 g/mol. The third kappa shape index (κ3) is 6.31. The van der Waals surface area contributed by atoms with E-state index < -0.39 is 0 Å². The number of ether oxygens (including phenoxy) is 1. The average molecular weight is 413 g/mol. The zero-order valence-electron chi connectivity index (χ0n) is 17.4. The fraction of sp³-hybridized carbons (Fsp3) is 0.417. The molecule has 0 heterocycles. The van der Waals surface area contributed by atoms with Gasteiger partial charge in [-0.15, -0.1) is 0 Å². The summed E-state index contributed by atoms with van der Waals surface area (Å²) in [5, 5.41) is 2.96. The van der Waals surface area contributed by atoms with Gasteiger partial charge in [0.2, 0.25) is 5.91 Å². The van der Waals surface area contributed by atoms with Gasteiger partial charge < -0.3 is 15.0 Å². The summed E-state index contributed by atoms with van der Waals surface area (Å²) in [6, 6.07) is 13.0. The van der Waals surface area contributed by atoms with E-state index in [1.54, 1.807) is 42.3 Å². The molecule has 1 saturated carbocycles. The quantitative estimate of drug-likeness (QED) is 0.629. The maximum atomic E-state index is 12.9. The Labute approximate surface area is 177 Å². The molecule has 2 amide bonds. The highest BCUT2D eigenvalue weighted by Gasteiger charge is 2.21. The molecular formula is C24H29FN2O3. The summed E-state index contributed by atoms with van der Waals surface area (Å²) in [6.07, 6.45) is 5.94. The van der Waals surface area contributed by atoms with E-state index in [9.17, 15) is 14.0 Å². The Morgan fingerprint density at radius 2 is 1.83 bits per heavy atom. The van der Waals surface area contributed by atoms with Crippen LogP contribution < -0.4 is 10.1 Å². The average Bonchev–Trinajstić information content (AvgIpc) is 2.78. The summed E-state index contributed by atoms with van der Waals surface area (Å²) >= 11 is 0. The Kier molecular flexibility index (Phi) is 7.82. The SMILES string of the molecule is CN(CCCOc1ccc(F)cc1)C(=O)c1cccc(NC(=O)C2CCCCC2)c1. The van der Waals surface area contributed by atoms with Crippen LogP contribution in [0.5, 0.6) is 5.75 Å². The van der Waals surface area contributed by atoms with E-state index in [4.69, 9.17) is 4.74 Å². The van der Waals surface area contributed by atoms with Gasteiger partial charge in [0.15, 0.2) is 0 Å². The summed E-state index contributed by atoms with van der Waals surface area (Å²) < 4.78 is 18.5. The minimum absolute atomic E-state index is 0.0468. The van der Waals surface area contributed by atoms with Crippen molar-refractivity contribution in [2.75, 3.05) is 25.5 Å². The smallest absolute Gasteiger partial charge is 0.253 e. The van der Waals surface area contributed by atoms with Crippen LogP contribution in [0, 0.1) is 11.7 Å². The van der Waals surface area contributed by atoms with Crippen LogP contribution in [0.1, 0.15) is 48.9 Å². The van der Waals surface area contributed by atoms with E-state index in [-0.39, 0.29) is 23.5 Å². The summed E-state index contributed by atoms with van der Waals surface area (Å²) in [5.41, 5.74) is 1.20. The minimum Gasteiger partial charge on any atom is -0.494 e. The molecule has 0 spiro atoms. The Morgan fingerprint density at radius 1 is 1.10 bits per heavy atom. The number of carbonyl (C=O) groups is 2. The van der Waals surface area contributed by atoms with Crippen molar-refractivity contribution >= 4 is 17.5 Å². The number of benzene rings is 2. The second kappa shape index (κ2) is 10.8. The van der Waals surface area contributed by atoms with Crippen LogP contribution in [0.25, 0.3) is 0 Å². The third-order valence-corrected chi connectivity index (χ3v) is 5.42. The van der Waals surface area contributed by atoms with Crippen LogP contribution in [0.3, 0.4) is 0 Å². The highest BCUT2D eigenvalue weighted by atomic mass is 19.1. The first-order valence-electron chi connectivity index (χ1n) is 10.6. The molecule has 1 fully saturated rings. The molecule has 0 aromatic heterocycles. The molecule has 0 aliphatic heterocycles. The van der Waals surface area contributed by atoms with Crippen LogP contribution in [-0.2, 0) is 4.79 Å². The van der Waals surface area contributed by atoms with Gasteiger partial charge in [0.25, 0.3) is 5.91 Å². The first-order valence-corrected chi connectivity index (χ1v) is 10.6. The van der Waals surface area contributed by atoms with E-state index in [0.717, 1.165) is 25.7 Å². The summed E-state index contributed by atoms with van der Waals surface area (Å²) in [5.74, 6) is 0.315. The Balaban J connectivity index is 1.47. The van der Waals surface area contributed by atoms with Crippen molar-refractivity contribution in [1.29, 1.82) is 0 Å². The molecule has 0 saturated heterocycles. The van der Waals surface area contributed by atoms with E-state index in [0.29, 0.717) is 36.6 Å². The monoisotopic (exact) mass is 412 g/mol. The topological polar surface area (TPSA) is 58.6 Å². The van der Waals surface area contributed by atoms with Crippen LogP contribution in [0.15, 0.2) is 48.5 Å². The van der Waals surface area contributed by atoms with Crippen molar-refractivity contribution < 1.29 is 18.7 Å². The van der Waals surface area contributed by atoms with Gasteiger partial charge in [-0.1, -0.05) is 25.3 Å². The number of nitrogens with zero attached hydrogens (tertiary/aromatic N) is 1. The lowest BCUT2D eigenvalue weighted by molar-refractivity contribution is -0.120. The maximum Gasteiger partial charge on any atom is 0.253 e. The van der Waals surface area contributed by atoms with E-state index in [2.05, 4.69) is 5.32 Å². The fourth-order valence-electron chi connectivity index (χ4n) is 3.68. The van der Waals surface area contributed by atoms with Gasteiger partial charge in [-0.25, -0.2) is 4.39 Å². The zero-order chi connectivity index (χ0) is 21.3. The van der Waals surface area contributed by atoms with Crippen molar-refractivity contribution in [2.45, 2.75) is 38.5 Å². The fourth-order valence-corrected chi connectivity index (χ4v) is 3.68. The molecule has 2 aromatic rings. The van der Waals surface area contributed by atoms with Gasteiger partial charge in [-0.2, -0.15) is 0 Å². The number of carbonyl (C=O) groups excluding carboxylic acids is 2. The number of hydrogen-bond donors (Lipinski definition) is 1. The molecule has 3 rings (SSSR count). The van der Waals surface area contributed by atoms with Gasteiger partial charge in [0, 0.05) is 30.8 Å². The molecule has 1 N–H and O–H groups in total. The largest absolute Gasteiger partial charge is 0.494 e. The molecule has 0 radical (unpaired) electrons. The summed E-state index contributed by atoms with van der Waals surface area (Å²) in [6.45, 7) is 0.958. The van der Waals surface area contributed by atoms with Crippen molar-refractivity contribution in [1.82, 2.24) is 4.90 Å². The van der Waals surface area contributed by atoms with Crippen LogP contribution in [0.4, 0.5) is 10.1 Å². The molecule has 0 atom stereocenters. The number of halogens is 1. The van der Waals surface area contributed by atoms with Crippen LogP contribution >= 0.6 is 0 Å². The number of nitrogens with one attached hydrogen (secondary N) is 1. The third-order valence-electron chi connectivity index (χ3n) is 5.42. The zero-order valence-corrected chi connectivity index (χ0v) is 17.4. The van der Waals surface area contributed by atoms with Crippen molar-refractivity contribution in [3.8, 4) is 5.75 Å². The lowest BCUT2D eigenvalue weighted by Crippen LogP contribution is -2.29. The normalized spacial score (nSPS) is 14.2. The van der Waals surface area contributed by atoms with Gasteiger partial charge >= 0.3 is 0 Å². The lowest BCUT2D eigenvalue weighted by atomic mass is 9.88. The van der Waals surface area contributed by atoms with Crippen molar-refractivity contribution in [3.63, 3.8) is 0 Å². The number of anilines is 1. The second-order valence-corrected chi connectivity index (χ2v) is 7.79. The first-order chi connectivity index (χ1) is 14.5. The maximum absolute atomic E-state index is 12.9. The van der Waals surface area contributed by atoms with Crippen LogP contribution in [-0.4, -0.2) is 36.9 Å². The van der Waals surface area contributed by atoms with Crippen LogP contribution in [0.2, 0.25) is 0 Å². The number of rotatable bonds is 8. The Bertz CT molecular complexity index is 848. The summed E-state index contributed by atoms with van der Waals surface area (Å²) in [7, 11) is 1.74. The molecule has 160 valence electrons. The minimum atomic E-state index is -0.301. The Morgan fingerprint density at radius 3 is 2.57 bits per heavy atom. The highest BCUT2D eigenvalue weighted by molar-refractivity contribution is 5.97. The van der Waals surface area contributed by atoms with Gasteiger partial charge in [0.1, 0.15) is 11.6 Å². The predicted molar refractivity (Wildman–Crippen MR) is 115 cm³/mol. The van der Waals surface area contributed by atoms with E-state index in [1.165, 1.54) is 18.6 Å². The molecule has 2 aromatic carbocycles. The number of amides is 2. The lowest BCUT2D eigenvalue weighted by Gasteiger charge is -2.21. The number of hydrogen-bond acceptors (Lipinski definition) is 3. The van der Waals surface area contributed by atoms with Gasteiger partial charge in [-0.05, 0) is 61.7 Å². The highest BCUT2D eigenvalue weighted by Crippen LogP contribution is 2.25. The second-order valence-electron chi connectivity index (χ2n) is 7.79. The van der Waals surface area contributed by atoms with Crippen molar-refractivity contribution in [3.05, 3.63) is 59.9 Å². The predicted octanol–water partition coefficient (Wildman–Crippen LogP) is 4.89. The molecule has 6 heteroatoms. The Hall–Kier alpha value is -2.89. The standard InChI is InChI=1S/C24H29FN2O3/c1-27(15-6-16-30-22-13-11-20(25)12-14-22)24(29)19-9-5-10-21(17-19)26-23(28)18-7-3-2-4-8-18/h5,9-14,17-18H,2-4,6-8,15-16H2,1H3,(H,26,28). The van der Waals surface area contributed by atoms with Crippen molar-refractivity contribution in [2.24, 2.45) is 5.92 Å². The van der Waals surface area contributed by atoms with E-state index in [1.807, 2.05) is 6.07 Å².